The summed E-state index contributed by atoms with van der Waals surface area (Å²) in [5.41, 5.74) is 10.3. The Balaban J connectivity index is 1.86. The minimum absolute atomic E-state index is 0.199. The number of nitrogens with two attached hydrogens (primary N) is 1. The number of anilines is 1. The number of carbonyl (C=O) groups is 2. The van der Waals surface area contributed by atoms with E-state index in [1.807, 2.05) is 51.1 Å². The van der Waals surface area contributed by atoms with Crippen molar-refractivity contribution in [3.8, 4) is 0 Å². The number of amides is 2. The number of aliphatic imine (C=N–C) groups is 1. The average Bonchev–Trinajstić information content (AvgIpc) is 3.13. The second kappa shape index (κ2) is 12.2. The van der Waals surface area contributed by atoms with Crippen molar-refractivity contribution in [2.45, 2.75) is 32.4 Å². The number of nitrogens with zero attached hydrogens (tertiary/aromatic N) is 1. The lowest BCUT2D eigenvalue weighted by Crippen LogP contribution is -2.32. The highest BCUT2D eigenvalue weighted by molar-refractivity contribution is 9.10. The molecule has 0 fully saturated rings. The standard InChI is InChI=1S/C25H29BrN4O3S/c1-4-33-13-5-12-28-23(31)20-21(27)22(24(32)29-18-9-7-17(26)8-10-18)34-25(20)30-19-11-6-15(2)14-16(19)3/h6-11,14,22H,4-5,12-13,27H2,1-3H3,(H,28,31)(H,29,32)/t22-/m1/s1. The molecule has 4 N–H and O–H groups in total. The number of benzene rings is 2. The normalized spacial score (nSPS) is 16.7. The molecule has 1 aliphatic rings. The molecular formula is C25H29BrN4O3S. The van der Waals surface area contributed by atoms with Crippen molar-refractivity contribution in [1.82, 2.24) is 5.32 Å². The van der Waals surface area contributed by atoms with Gasteiger partial charge in [0.25, 0.3) is 5.91 Å². The van der Waals surface area contributed by atoms with Crippen LogP contribution in [0.2, 0.25) is 0 Å². The Morgan fingerprint density at radius 1 is 1.18 bits per heavy atom. The van der Waals surface area contributed by atoms with Crippen LogP contribution in [0.5, 0.6) is 0 Å². The lowest BCUT2D eigenvalue weighted by Gasteiger charge is -2.11. The van der Waals surface area contributed by atoms with Crippen LogP contribution < -0.4 is 16.4 Å². The van der Waals surface area contributed by atoms with E-state index in [1.165, 1.54) is 11.8 Å². The highest BCUT2D eigenvalue weighted by Crippen LogP contribution is 2.36. The van der Waals surface area contributed by atoms with E-state index in [0.29, 0.717) is 36.9 Å². The molecule has 1 aliphatic heterocycles. The molecule has 0 bridgehead atoms. The van der Waals surface area contributed by atoms with Crippen LogP contribution in [0.1, 0.15) is 24.5 Å². The number of halogens is 1. The van der Waals surface area contributed by atoms with Crippen molar-refractivity contribution in [2.24, 2.45) is 10.7 Å². The SMILES string of the molecule is CCOCCCNC(=O)C1=C(N)[C@H](C(=O)Nc2ccc(Br)cc2)SC1=Nc1ccc(C)cc1C. The first kappa shape index (κ1) is 26.0. The van der Waals surface area contributed by atoms with E-state index in [9.17, 15) is 9.59 Å². The van der Waals surface area contributed by atoms with E-state index in [0.717, 1.165) is 21.3 Å². The van der Waals surface area contributed by atoms with E-state index in [2.05, 4.69) is 26.6 Å². The Hall–Kier alpha value is -2.62. The highest BCUT2D eigenvalue weighted by atomic mass is 79.9. The summed E-state index contributed by atoms with van der Waals surface area (Å²) in [6.07, 6.45) is 0.678. The Morgan fingerprint density at radius 3 is 2.59 bits per heavy atom. The molecule has 0 aliphatic carbocycles. The van der Waals surface area contributed by atoms with Crippen molar-refractivity contribution in [3.05, 3.63) is 69.3 Å². The Morgan fingerprint density at radius 2 is 1.91 bits per heavy atom. The molecule has 1 atom stereocenters. The van der Waals surface area contributed by atoms with Crippen molar-refractivity contribution in [1.29, 1.82) is 0 Å². The van der Waals surface area contributed by atoms with Gasteiger partial charge in [-0.15, -0.1) is 0 Å². The first-order valence-corrected chi connectivity index (χ1v) is 12.7. The van der Waals surface area contributed by atoms with Crippen molar-refractivity contribution < 1.29 is 14.3 Å². The quantitative estimate of drug-likeness (QED) is 0.400. The van der Waals surface area contributed by atoms with Crippen LogP contribution in [0.15, 0.2) is 63.2 Å². The molecule has 9 heteroatoms. The van der Waals surface area contributed by atoms with Gasteiger partial charge in [-0.3, -0.25) is 9.59 Å². The van der Waals surface area contributed by atoms with E-state index in [-0.39, 0.29) is 23.1 Å². The third kappa shape index (κ3) is 6.71. The van der Waals surface area contributed by atoms with Gasteiger partial charge in [0.15, 0.2) is 0 Å². The number of nitrogens with one attached hydrogen (secondary N) is 2. The van der Waals surface area contributed by atoms with Gasteiger partial charge < -0.3 is 21.1 Å². The predicted molar refractivity (Wildman–Crippen MR) is 142 cm³/mol. The summed E-state index contributed by atoms with van der Waals surface area (Å²) in [5, 5.41) is 5.42. The van der Waals surface area contributed by atoms with Crippen LogP contribution >= 0.6 is 27.7 Å². The zero-order chi connectivity index (χ0) is 24.7. The second-order valence-electron chi connectivity index (χ2n) is 7.84. The van der Waals surface area contributed by atoms with Gasteiger partial charge >= 0.3 is 0 Å². The van der Waals surface area contributed by atoms with Crippen LogP contribution in [-0.4, -0.2) is 41.9 Å². The third-order valence-corrected chi connectivity index (χ3v) is 6.87. The van der Waals surface area contributed by atoms with Crippen LogP contribution in [0.4, 0.5) is 11.4 Å². The summed E-state index contributed by atoms with van der Waals surface area (Å²) in [6.45, 7) is 7.52. The summed E-state index contributed by atoms with van der Waals surface area (Å²) in [7, 11) is 0. The van der Waals surface area contributed by atoms with E-state index >= 15 is 0 Å². The number of aryl methyl sites for hydroxylation is 2. The molecule has 2 aromatic carbocycles. The summed E-state index contributed by atoms with van der Waals surface area (Å²) in [4.78, 5) is 30.9. The molecule has 2 aromatic rings. The molecule has 0 aromatic heterocycles. The van der Waals surface area contributed by atoms with Gasteiger partial charge in [-0.1, -0.05) is 45.4 Å². The van der Waals surface area contributed by atoms with Gasteiger partial charge in [0, 0.05) is 35.6 Å². The molecule has 1 heterocycles. The molecule has 7 nitrogen and oxygen atoms in total. The first-order valence-electron chi connectivity index (χ1n) is 11.0. The van der Waals surface area contributed by atoms with Crippen LogP contribution in [0.3, 0.4) is 0 Å². The van der Waals surface area contributed by atoms with E-state index in [4.69, 9.17) is 15.5 Å². The Labute approximate surface area is 212 Å². The molecule has 0 saturated heterocycles. The van der Waals surface area contributed by atoms with E-state index < -0.39 is 5.25 Å². The average molecular weight is 546 g/mol. The number of carbonyl (C=O) groups excluding carboxylic acids is 2. The third-order valence-electron chi connectivity index (χ3n) is 5.12. The van der Waals surface area contributed by atoms with Crippen LogP contribution in [0.25, 0.3) is 0 Å². The largest absolute Gasteiger partial charge is 0.400 e. The molecule has 0 unspecified atom stereocenters. The topological polar surface area (TPSA) is 106 Å². The maximum atomic E-state index is 13.1. The van der Waals surface area contributed by atoms with Crippen molar-refractivity contribution in [3.63, 3.8) is 0 Å². The van der Waals surface area contributed by atoms with Gasteiger partial charge in [-0.2, -0.15) is 0 Å². The zero-order valence-corrected chi connectivity index (χ0v) is 21.9. The molecule has 0 spiro atoms. The van der Waals surface area contributed by atoms with Crippen molar-refractivity contribution in [2.75, 3.05) is 25.1 Å². The molecule has 2 amide bonds. The molecule has 0 saturated carbocycles. The first-order chi connectivity index (χ1) is 16.3. The monoisotopic (exact) mass is 544 g/mol. The summed E-state index contributed by atoms with van der Waals surface area (Å²) < 4.78 is 6.23. The minimum atomic E-state index is -0.766. The molecular weight excluding hydrogens is 516 g/mol. The fourth-order valence-corrected chi connectivity index (χ4v) is 4.76. The van der Waals surface area contributed by atoms with Gasteiger partial charge in [-0.25, -0.2) is 4.99 Å². The lowest BCUT2D eigenvalue weighted by atomic mass is 10.1. The smallest absolute Gasteiger partial charge is 0.255 e. The number of hydrogen-bond donors (Lipinski definition) is 3. The molecule has 3 rings (SSSR count). The predicted octanol–water partition coefficient (Wildman–Crippen LogP) is 4.61. The minimum Gasteiger partial charge on any atom is -0.400 e. The maximum absolute atomic E-state index is 13.1. The van der Waals surface area contributed by atoms with E-state index in [1.54, 1.807) is 12.1 Å². The maximum Gasteiger partial charge on any atom is 0.255 e. The lowest BCUT2D eigenvalue weighted by molar-refractivity contribution is -0.117. The van der Waals surface area contributed by atoms with Gasteiger partial charge in [0.1, 0.15) is 10.3 Å². The van der Waals surface area contributed by atoms with Gasteiger partial charge in [0.05, 0.1) is 11.3 Å². The number of rotatable bonds is 9. The number of thioether (sulfide) groups is 1. The molecule has 0 radical (unpaired) electrons. The van der Waals surface area contributed by atoms with Crippen molar-refractivity contribution >= 4 is 55.9 Å². The van der Waals surface area contributed by atoms with Gasteiger partial charge in [-0.05, 0) is 63.1 Å². The fraction of sp³-hybridized carbons (Fsp3) is 0.320. The molecule has 180 valence electrons. The number of ether oxygens (including phenoxy) is 1. The second-order valence-corrected chi connectivity index (χ2v) is 9.85. The van der Waals surface area contributed by atoms with Crippen LogP contribution in [0, 0.1) is 13.8 Å². The zero-order valence-electron chi connectivity index (χ0n) is 19.5. The Kier molecular flexibility index (Phi) is 9.32. The summed E-state index contributed by atoms with van der Waals surface area (Å²) in [5.74, 6) is -0.652. The molecule has 34 heavy (non-hydrogen) atoms. The van der Waals surface area contributed by atoms with Crippen LogP contribution in [-0.2, 0) is 14.3 Å². The number of hydrogen-bond acceptors (Lipinski definition) is 6. The Bertz CT molecular complexity index is 1120. The highest BCUT2D eigenvalue weighted by Gasteiger charge is 2.38. The summed E-state index contributed by atoms with van der Waals surface area (Å²) >= 11 is 4.57. The fourth-order valence-electron chi connectivity index (χ4n) is 3.38. The van der Waals surface area contributed by atoms with Gasteiger partial charge in [0.2, 0.25) is 5.91 Å². The summed E-state index contributed by atoms with van der Waals surface area (Å²) in [6, 6.07) is 13.1.